The molecule has 184 valence electrons. The molecule has 0 fully saturated rings. The maximum absolute atomic E-state index is 13.5. The van der Waals surface area contributed by atoms with Crippen LogP contribution >= 0.6 is 0 Å². The molecule has 1 aliphatic rings. The molecule has 1 amide bonds. The van der Waals surface area contributed by atoms with Crippen LogP contribution in [0.5, 0.6) is 11.5 Å². The Labute approximate surface area is 210 Å². The fourth-order valence-corrected chi connectivity index (χ4v) is 5.70. The number of hydrogen-bond donors (Lipinski definition) is 1. The molecule has 0 aliphatic carbocycles. The standard InChI is InChI=1S/C28H26N2O5S/c1-20-14-15-26-24(18-20)30(36(32,33)22-10-3-2-4-11-22)19-27(35-26)28(31)29-16-17-34-25-13-7-9-21-8-5-6-12-23(21)25/h2-15,18,27H,16-17,19H2,1H3,(H,29,31)/t27-/m0/s1. The maximum Gasteiger partial charge on any atom is 0.264 e. The van der Waals surface area contributed by atoms with Crippen molar-refractivity contribution in [3.63, 3.8) is 0 Å². The van der Waals surface area contributed by atoms with E-state index in [1.54, 1.807) is 42.5 Å². The van der Waals surface area contributed by atoms with Crippen molar-refractivity contribution in [3.05, 3.63) is 96.6 Å². The van der Waals surface area contributed by atoms with Crippen LogP contribution < -0.4 is 19.1 Å². The molecule has 0 unspecified atom stereocenters. The number of nitrogens with zero attached hydrogens (tertiary/aromatic N) is 1. The molecule has 0 bridgehead atoms. The second-order valence-corrected chi connectivity index (χ2v) is 10.4. The molecule has 7 nitrogen and oxygen atoms in total. The summed E-state index contributed by atoms with van der Waals surface area (Å²) >= 11 is 0. The van der Waals surface area contributed by atoms with Crippen molar-refractivity contribution in [2.75, 3.05) is 24.0 Å². The molecule has 8 heteroatoms. The Kier molecular flexibility index (Phi) is 6.52. The zero-order valence-electron chi connectivity index (χ0n) is 19.8. The lowest BCUT2D eigenvalue weighted by Gasteiger charge is -2.35. The normalized spacial score (nSPS) is 15.1. The first-order valence-corrected chi connectivity index (χ1v) is 13.1. The summed E-state index contributed by atoms with van der Waals surface area (Å²) < 4.78 is 40.0. The number of fused-ring (bicyclic) bond motifs is 2. The fraction of sp³-hybridized carbons (Fsp3) is 0.179. The summed E-state index contributed by atoms with van der Waals surface area (Å²) in [5.41, 5.74) is 1.31. The number of benzene rings is 4. The van der Waals surface area contributed by atoms with Gasteiger partial charge in [0.15, 0.2) is 6.10 Å². The second kappa shape index (κ2) is 9.91. The van der Waals surface area contributed by atoms with Crippen molar-refractivity contribution in [2.45, 2.75) is 17.9 Å². The lowest BCUT2D eigenvalue weighted by Crippen LogP contribution is -2.51. The van der Waals surface area contributed by atoms with Crippen LogP contribution in [-0.2, 0) is 14.8 Å². The summed E-state index contributed by atoms with van der Waals surface area (Å²) in [6, 6.07) is 27.2. The van der Waals surface area contributed by atoms with Crippen LogP contribution in [0.2, 0.25) is 0 Å². The number of carbonyl (C=O) groups excluding carboxylic acids is 1. The predicted octanol–water partition coefficient (Wildman–Crippen LogP) is 4.30. The number of hydrogen-bond acceptors (Lipinski definition) is 5. The van der Waals surface area contributed by atoms with Crippen LogP contribution in [-0.4, -0.2) is 40.1 Å². The van der Waals surface area contributed by atoms with Crippen molar-refractivity contribution in [3.8, 4) is 11.5 Å². The summed E-state index contributed by atoms with van der Waals surface area (Å²) in [6.07, 6.45) is -1.00. The average molecular weight is 503 g/mol. The Morgan fingerprint density at radius 3 is 2.58 bits per heavy atom. The SMILES string of the molecule is Cc1ccc2c(c1)N(S(=O)(=O)c1ccccc1)C[C@@H](C(=O)NCCOc1cccc3ccccc13)O2. The summed E-state index contributed by atoms with van der Waals surface area (Å²) in [7, 11) is -3.89. The first-order chi connectivity index (χ1) is 17.4. The third kappa shape index (κ3) is 4.72. The number of carbonyl (C=O) groups is 1. The summed E-state index contributed by atoms with van der Waals surface area (Å²) in [5.74, 6) is 0.676. The van der Waals surface area contributed by atoms with Crippen LogP contribution in [0.1, 0.15) is 5.56 Å². The van der Waals surface area contributed by atoms with Gasteiger partial charge in [0.2, 0.25) is 0 Å². The number of rotatable bonds is 7. The van der Waals surface area contributed by atoms with Gasteiger partial charge in [-0.2, -0.15) is 0 Å². The smallest absolute Gasteiger partial charge is 0.264 e. The minimum absolute atomic E-state index is 0.135. The number of nitrogens with one attached hydrogen (secondary N) is 1. The van der Waals surface area contributed by atoms with Crippen LogP contribution in [0, 0.1) is 6.92 Å². The fourth-order valence-electron chi connectivity index (χ4n) is 4.22. The zero-order valence-corrected chi connectivity index (χ0v) is 20.6. The molecular weight excluding hydrogens is 476 g/mol. The highest BCUT2D eigenvalue weighted by Gasteiger charge is 2.37. The van der Waals surface area contributed by atoms with E-state index >= 15 is 0 Å². The first-order valence-electron chi connectivity index (χ1n) is 11.7. The predicted molar refractivity (Wildman–Crippen MR) is 139 cm³/mol. The van der Waals surface area contributed by atoms with E-state index < -0.39 is 22.0 Å². The molecule has 5 rings (SSSR count). The van der Waals surface area contributed by atoms with E-state index in [0.29, 0.717) is 11.4 Å². The van der Waals surface area contributed by atoms with Gasteiger partial charge in [-0.05, 0) is 48.2 Å². The summed E-state index contributed by atoms with van der Waals surface area (Å²) in [4.78, 5) is 13.1. The molecule has 4 aromatic rings. The third-order valence-electron chi connectivity index (χ3n) is 6.02. The van der Waals surface area contributed by atoms with Gasteiger partial charge in [-0.15, -0.1) is 0 Å². The Hall–Kier alpha value is -4.04. The monoisotopic (exact) mass is 502 g/mol. The molecule has 4 aromatic carbocycles. The molecule has 1 heterocycles. The van der Waals surface area contributed by atoms with Gasteiger partial charge >= 0.3 is 0 Å². The Bertz CT molecular complexity index is 1500. The lowest BCUT2D eigenvalue weighted by atomic mass is 10.1. The van der Waals surface area contributed by atoms with Crippen molar-refractivity contribution in [2.24, 2.45) is 0 Å². The van der Waals surface area contributed by atoms with E-state index in [0.717, 1.165) is 22.1 Å². The quantitative estimate of drug-likeness (QED) is 0.381. The topological polar surface area (TPSA) is 84.9 Å². The molecule has 0 aromatic heterocycles. The first kappa shape index (κ1) is 23.7. The van der Waals surface area contributed by atoms with Crippen LogP contribution in [0.15, 0.2) is 95.9 Å². The molecule has 36 heavy (non-hydrogen) atoms. The van der Waals surface area contributed by atoms with Gasteiger partial charge in [-0.3, -0.25) is 9.10 Å². The van der Waals surface area contributed by atoms with E-state index in [-0.39, 0.29) is 24.6 Å². The minimum atomic E-state index is -3.89. The number of sulfonamides is 1. The molecule has 0 saturated heterocycles. The Balaban J connectivity index is 1.29. The molecule has 1 atom stereocenters. The van der Waals surface area contributed by atoms with Crippen LogP contribution in [0.25, 0.3) is 10.8 Å². The Morgan fingerprint density at radius 2 is 1.75 bits per heavy atom. The van der Waals surface area contributed by atoms with Gasteiger partial charge in [0.05, 0.1) is 23.7 Å². The van der Waals surface area contributed by atoms with E-state index in [4.69, 9.17) is 9.47 Å². The van der Waals surface area contributed by atoms with Crippen molar-refractivity contribution in [1.29, 1.82) is 0 Å². The van der Waals surface area contributed by atoms with E-state index in [9.17, 15) is 13.2 Å². The zero-order chi connectivity index (χ0) is 25.1. The number of aryl methyl sites for hydroxylation is 1. The van der Waals surface area contributed by atoms with Gasteiger partial charge in [0.1, 0.15) is 18.1 Å². The maximum atomic E-state index is 13.5. The number of ether oxygens (including phenoxy) is 2. The van der Waals surface area contributed by atoms with Gasteiger partial charge in [0.25, 0.3) is 15.9 Å². The van der Waals surface area contributed by atoms with Gasteiger partial charge in [-0.25, -0.2) is 8.42 Å². The van der Waals surface area contributed by atoms with Crippen molar-refractivity contribution in [1.82, 2.24) is 5.32 Å². The van der Waals surface area contributed by atoms with Gasteiger partial charge in [0, 0.05) is 5.39 Å². The van der Waals surface area contributed by atoms with Gasteiger partial charge < -0.3 is 14.8 Å². The summed E-state index contributed by atoms with van der Waals surface area (Å²) in [6.45, 7) is 2.24. The molecule has 0 radical (unpaired) electrons. The van der Waals surface area contributed by atoms with E-state index in [1.807, 2.05) is 55.5 Å². The molecule has 1 N–H and O–H groups in total. The van der Waals surface area contributed by atoms with E-state index in [1.165, 1.54) is 4.31 Å². The molecule has 0 saturated carbocycles. The third-order valence-corrected chi connectivity index (χ3v) is 7.81. The van der Waals surface area contributed by atoms with Crippen LogP contribution in [0.4, 0.5) is 5.69 Å². The average Bonchev–Trinajstić information content (AvgIpc) is 2.91. The summed E-state index contributed by atoms with van der Waals surface area (Å²) in [5, 5.41) is 4.88. The van der Waals surface area contributed by atoms with Crippen molar-refractivity contribution < 1.29 is 22.7 Å². The lowest BCUT2D eigenvalue weighted by molar-refractivity contribution is -0.127. The molecule has 0 spiro atoms. The van der Waals surface area contributed by atoms with Gasteiger partial charge in [-0.1, -0.05) is 60.7 Å². The largest absolute Gasteiger partial charge is 0.491 e. The number of amides is 1. The molecule has 1 aliphatic heterocycles. The van der Waals surface area contributed by atoms with Crippen molar-refractivity contribution >= 4 is 32.4 Å². The highest BCUT2D eigenvalue weighted by atomic mass is 32.2. The second-order valence-electron chi connectivity index (χ2n) is 8.54. The highest BCUT2D eigenvalue weighted by Crippen LogP contribution is 2.37. The van der Waals surface area contributed by atoms with Crippen LogP contribution in [0.3, 0.4) is 0 Å². The highest BCUT2D eigenvalue weighted by molar-refractivity contribution is 7.92. The van der Waals surface area contributed by atoms with E-state index in [2.05, 4.69) is 5.32 Å². The molecular formula is C28H26N2O5S. The number of anilines is 1. The minimum Gasteiger partial charge on any atom is -0.491 e. The Morgan fingerprint density at radius 1 is 1.00 bits per heavy atom.